The van der Waals surface area contributed by atoms with Gasteiger partial charge in [-0.15, -0.1) is 0 Å². The van der Waals surface area contributed by atoms with Crippen LogP contribution in [-0.4, -0.2) is 41.5 Å². The van der Waals surface area contributed by atoms with Gasteiger partial charge in [0.15, 0.2) is 6.29 Å². The summed E-state index contributed by atoms with van der Waals surface area (Å²) in [5, 5.41) is 18.1. The molecule has 0 radical (unpaired) electrons. The number of anilines is 2. The molecule has 310 valence electrons. The maximum absolute atomic E-state index is 12.8. The summed E-state index contributed by atoms with van der Waals surface area (Å²) in [6.07, 6.45) is 2.80. The molecule has 9 nitrogen and oxygen atoms in total. The third kappa shape index (κ3) is 11.0. The lowest BCUT2D eigenvalue weighted by atomic mass is 9.97. The SMILES string of the molecule is C[C@H](c1ccc2ccccc2c1)N(C)C[C@H]1C[C@@H](c2ccc(CO)cc2)O[C@@H](c2ccc(-c3ccccc3CNC(=O)CCCCCC(=O)Nc3ccccc3N)cc2)O1. The minimum absolute atomic E-state index is 0.00493. The molecule has 0 unspecified atom stereocenters. The first-order chi connectivity index (χ1) is 29.2. The number of hydrogen-bond donors (Lipinski definition) is 4. The third-order valence-corrected chi connectivity index (χ3v) is 11.6. The van der Waals surface area contributed by atoms with E-state index in [1.807, 2.05) is 54.6 Å². The Kier molecular flexibility index (Phi) is 14.4. The first-order valence-electron chi connectivity index (χ1n) is 21.0. The Morgan fingerprint density at radius 3 is 2.22 bits per heavy atom. The van der Waals surface area contributed by atoms with Crippen LogP contribution in [0.1, 0.15) is 91.7 Å². The van der Waals surface area contributed by atoms with Crippen LogP contribution in [0, 0.1) is 0 Å². The fourth-order valence-electron chi connectivity index (χ4n) is 7.86. The van der Waals surface area contributed by atoms with Crippen molar-refractivity contribution < 1.29 is 24.2 Å². The van der Waals surface area contributed by atoms with Gasteiger partial charge in [-0.1, -0.05) is 128 Å². The molecule has 4 atom stereocenters. The summed E-state index contributed by atoms with van der Waals surface area (Å²) in [5.74, 6) is -0.0916. The van der Waals surface area contributed by atoms with Crippen LogP contribution in [0.4, 0.5) is 11.4 Å². The Balaban J connectivity index is 0.960. The molecule has 1 heterocycles. The van der Waals surface area contributed by atoms with Crippen molar-refractivity contribution in [2.24, 2.45) is 0 Å². The molecule has 0 spiro atoms. The summed E-state index contributed by atoms with van der Waals surface area (Å²) in [5.41, 5.74) is 14.3. The Morgan fingerprint density at radius 1 is 0.767 bits per heavy atom. The monoisotopic (exact) mass is 804 g/mol. The fourth-order valence-corrected chi connectivity index (χ4v) is 7.86. The molecule has 6 aromatic rings. The van der Waals surface area contributed by atoms with E-state index in [2.05, 4.69) is 102 Å². The summed E-state index contributed by atoms with van der Waals surface area (Å²) in [7, 11) is 2.15. The molecule has 1 aliphatic heterocycles. The third-order valence-electron chi connectivity index (χ3n) is 11.6. The maximum Gasteiger partial charge on any atom is 0.224 e. The second-order valence-electron chi connectivity index (χ2n) is 15.8. The highest BCUT2D eigenvalue weighted by molar-refractivity contribution is 5.93. The molecule has 0 aromatic heterocycles. The van der Waals surface area contributed by atoms with Gasteiger partial charge in [0, 0.05) is 44.0 Å². The van der Waals surface area contributed by atoms with Crippen LogP contribution in [0.25, 0.3) is 21.9 Å². The van der Waals surface area contributed by atoms with E-state index in [1.165, 1.54) is 16.3 Å². The number of amides is 2. The largest absolute Gasteiger partial charge is 0.397 e. The maximum atomic E-state index is 12.8. The van der Waals surface area contributed by atoms with E-state index in [9.17, 15) is 14.7 Å². The molecule has 1 fully saturated rings. The van der Waals surface area contributed by atoms with Crippen LogP contribution in [-0.2, 0) is 32.2 Å². The van der Waals surface area contributed by atoms with E-state index in [4.69, 9.17) is 15.2 Å². The van der Waals surface area contributed by atoms with Crippen molar-refractivity contribution in [3.63, 3.8) is 0 Å². The summed E-state index contributed by atoms with van der Waals surface area (Å²) >= 11 is 0. The van der Waals surface area contributed by atoms with Gasteiger partial charge in [0.25, 0.3) is 0 Å². The number of likely N-dealkylation sites (N-methyl/N-ethyl adjacent to an activating group) is 1. The molecule has 0 aliphatic carbocycles. The molecule has 2 amide bonds. The fraction of sp³-hybridized carbons (Fsp3) is 0.294. The minimum Gasteiger partial charge on any atom is -0.397 e. The highest BCUT2D eigenvalue weighted by Gasteiger charge is 2.33. The van der Waals surface area contributed by atoms with Gasteiger partial charge in [0.05, 0.1) is 30.2 Å². The number of unbranched alkanes of at least 4 members (excludes halogenated alkanes) is 2. The summed E-state index contributed by atoms with van der Waals surface area (Å²) < 4.78 is 13.4. The van der Waals surface area contributed by atoms with E-state index < -0.39 is 6.29 Å². The molecule has 5 N–H and O–H groups in total. The van der Waals surface area contributed by atoms with Crippen LogP contribution in [0.3, 0.4) is 0 Å². The summed E-state index contributed by atoms with van der Waals surface area (Å²) in [4.78, 5) is 27.5. The number of aliphatic hydroxyl groups excluding tert-OH is 1. The average molecular weight is 805 g/mol. The van der Waals surface area contributed by atoms with Crippen molar-refractivity contribution in [3.05, 3.63) is 167 Å². The van der Waals surface area contributed by atoms with E-state index in [-0.39, 0.29) is 36.7 Å². The predicted octanol–water partition coefficient (Wildman–Crippen LogP) is 10.0. The first kappa shape index (κ1) is 42.3. The van der Waals surface area contributed by atoms with E-state index >= 15 is 0 Å². The lowest BCUT2D eigenvalue weighted by Gasteiger charge is -2.39. The number of nitrogens with zero attached hydrogens (tertiary/aromatic N) is 1. The Morgan fingerprint density at radius 2 is 1.45 bits per heavy atom. The molecular weight excluding hydrogens is 749 g/mol. The van der Waals surface area contributed by atoms with Crippen molar-refractivity contribution in [2.75, 3.05) is 24.6 Å². The van der Waals surface area contributed by atoms with Gasteiger partial charge in [-0.3, -0.25) is 14.5 Å². The van der Waals surface area contributed by atoms with Crippen LogP contribution in [0.2, 0.25) is 0 Å². The molecular formula is C51H56N4O5. The van der Waals surface area contributed by atoms with Crippen LogP contribution in [0.15, 0.2) is 140 Å². The number of hydrogen-bond acceptors (Lipinski definition) is 7. The highest BCUT2D eigenvalue weighted by atomic mass is 16.7. The lowest BCUT2D eigenvalue weighted by molar-refractivity contribution is -0.253. The Bertz CT molecular complexity index is 2350. The lowest BCUT2D eigenvalue weighted by Crippen LogP contribution is -2.38. The zero-order valence-corrected chi connectivity index (χ0v) is 34.6. The number of aliphatic hydroxyl groups is 1. The van der Waals surface area contributed by atoms with Crippen molar-refractivity contribution >= 4 is 34.0 Å². The normalized spacial score (nSPS) is 17.0. The van der Waals surface area contributed by atoms with Gasteiger partial charge in [-0.2, -0.15) is 0 Å². The van der Waals surface area contributed by atoms with Crippen LogP contribution >= 0.6 is 0 Å². The van der Waals surface area contributed by atoms with Crippen molar-refractivity contribution in [2.45, 2.75) is 83.1 Å². The highest BCUT2D eigenvalue weighted by Crippen LogP contribution is 2.39. The van der Waals surface area contributed by atoms with Gasteiger partial charge >= 0.3 is 0 Å². The smallest absolute Gasteiger partial charge is 0.224 e. The number of fused-ring (bicyclic) bond motifs is 1. The molecule has 1 aliphatic rings. The molecule has 9 heteroatoms. The van der Waals surface area contributed by atoms with Crippen molar-refractivity contribution in [1.82, 2.24) is 10.2 Å². The number of benzene rings is 6. The quantitative estimate of drug-likeness (QED) is 0.0534. The number of nitrogen functional groups attached to an aromatic ring is 1. The number of nitrogens with two attached hydrogens (primary N) is 1. The first-order valence-corrected chi connectivity index (χ1v) is 21.0. The van der Waals surface area contributed by atoms with E-state index in [1.54, 1.807) is 12.1 Å². The number of carbonyl (C=O) groups is 2. The molecule has 7 rings (SSSR count). The number of carbonyl (C=O) groups excluding carboxylic acids is 2. The second-order valence-corrected chi connectivity index (χ2v) is 15.8. The molecule has 60 heavy (non-hydrogen) atoms. The van der Waals surface area contributed by atoms with Gasteiger partial charge < -0.3 is 30.9 Å². The standard InChI is InChI=1S/C51H56N4O5/c1-35(41-29-24-37-12-6-7-13-42(37)30-41)55(2)33-44-31-48(39-22-20-36(34-56)21-23-39)60-51(59-44)40-27-25-38(26-28-40)45-15-9-8-14-43(45)32-53-49(57)18-4-3-5-19-50(58)54-47-17-11-10-16-46(47)52/h6-17,20-30,35,44,48,51,56H,3-5,18-19,31-34,52H2,1-2H3,(H,53,57)(H,54,58)/t35-,44-,48+,51+/m1/s1. The molecule has 1 saturated heterocycles. The number of nitrogens with one attached hydrogen (secondary N) is 2. The van der Waals surface area contributed by atoms with Crippen LogP contribution in [0.5, 0.6) is 0 Å². The number of para-hydroxylation sites is 2. The topological polar surface area (TPSA) is 126 Å². The Hall–Kier alpha value is -5.84. The molecule has 6 aromatic carbocycles. The average Bonchev–Trinajstić information content (AvgIpc) is 3.28. The van der Waals surface area contributed by atoms with Gasteiger partial charge in [0.1, 0.15) is 0 Å². The molecule has 0 saturated carbocycles. The summed E-state index contributed by atoms with van der Waals surface area (Å²) in [6.45, 7) is 3.37. The number of rotatable bonds is 17. The predicted molar refractivity (Wildman–Crippen MR) is 240 cm³/mol. The zero-order valence-electron chi connectivity index (χ0n) is 34.6. The zero-order chi connectivity index (χ0) is 41.8. The van der Waals surface area contributed by atoms with Gasteiger partial charge in [-0.05, 0) is 89.2 Å². The van der Waals surface area contributed by atoms with E-state index in [0.29, 0.717) is 50.0 Å². The Labute approximate surface area is 353 Å². The minimum atomic E-state index is -0.573. The number of ether oxygens (including phenoxy) is 2. The molecule has 0 bridgehead atoms. The van der Waals surface area contributed by atoms with Crippen molar-refractivity contribution in [1.29, 1.82) is 0 Å². The van der Waals surface area contributed by atoms with Gasteiger partial charge in [-0.25, -0.2) is 0 Å². The second kappa shape index (κ2) is 20.4. The van der Waals surface area contributed by atoms with Gasteiger partial charge in [0.2, 0.25) is 11.8 Å². The van der Waals surface area contributed by atoms with Crippen LogP contribution < -0.4 is 16.4 Å². The van der Waals surface area contributed by atoms with Crippen molar-refractivity contribution in [3.8, 4) is 11.1 Å². The summed E-state index contributed by atoms with van der Waals surface area (Å²) in [6, 6.07) is 47.0. The van der Waals surface area contributed by atoms with E-state index in [0.717, 1.165) is 46.3 Å².